The van der Waals surface area contributed by atoms with Gasteiger partial charge in [0.05, 0.1) is 13.2 Å². The molecule has 0 aromatic rings. The van der Waals surface area contributed by atoms with Crippen LogP contribution < -0.4 is 5.32 Å². The van der Waals surface area contributed by atoms with Gasteiger partial charge in [0.15, 0.2) is 40.5 Å². The first kappa shape index (κ1) is 107. The highest BCUT2D eigenvalue weighted by atomic mass is 32.2. The maximum Gasteiger partial charge on any atom is 0.466 e. The first-order valence-electron chi connectivity index (χ1n) is 30.5. The number of esters is 4. The summed E-state index contributed by atoms with van der Waals surface area (Å²) in [7, 11) is -26.0. The molecule has 0 saturated carbocycles. The number of rotatable bonds is 34. The maximum atomic E-state index is 13.9. The summed E-state index contributed by atoms with van der Waals surface area (Å²) in [5, 5.41) is -19.0. The second-order valence-electron chi connectivity index (χ2n) is 22.5. The lowest BCUT2D eigenvalue weighted by Crippen LogP contribution is -2.65. The summed E-state index contributed by atoms with van der Waals surface area (Å²) in [4.78, 5) is 96.8. The van der Waals surface area contributed by atoms with Crippen LogP contribution in [0.3, 0.4) is 0 Å². The van der Waals surface area contributed by atoms with Crippen molar-refractivity contribution in [3.8, 4) is 0 Å². The third kappa shape index (κ3) is 28.9. The topological polar surface area (TPSA) is 473 Å². The number of likely N-dealkylation sites (tertiary alicyclic amines) is 1. The van der Waals surface area contributed by atoms with E-state index in [9.17, 15) is 196 Å². The molecule has 62 heteroatoms. The van der Waals surface area contributed by atoms with Crippen molar-refractivity contribution >= 4 is 88.0 Å². The van der Waals surface area contributed by atoms with Crippen LogP contribution >= 0.6 is 0 Å². The maximum absolute atomic E-state index is 13.9. The number of morpholine rings is 1. The Kier molecular flexibility index (Phi) is 38.5. The van der Waals surface area contributed by atoms with E-state index < -0.39 is 233 Å². The third-order valence-corrected chi connectivity index (χ3v) is 17.3. The van der Waals surface area contributed by atoms with Crippen molar-refractivity contribution in [3.63, 3.8) is 0 Å². The number of carbonyl (C=O) groups is 8. The molecule has 34 nitrogen and oxygen atoms in total. The van der Waals surface area contributed by atoms with Crippen LogP contribution in [0.4, 0.5) is 105 Å². The Labute approximate surface area is 631 Å². The number of ether oxygens (including phenoxy) is 9. The van der Waals surface area contributed by atoms with Crippen molar-refractivity contribution in [1.82, 2.24) is 24.9 Å². The number of halogens is 24. The molecular weight excluding hydrogens is 1750 g/mol. The predicted octanol–water partition coefficient (Wildman–Crippen LogP) is 4.44. The zero-order valence-electron chi connectivity index (χ0n) is 57.9. The zero-order chi connectivity index (χ0) is 90.6. The summed E-state index contributed by atoms with van der Waals surface area (Å²) >= 11 is 0. The van der Waals surface area contributed by atoms with E-state index in [-0.39, 0.29) is 78.2 Å². The molecule has 3 heterocycles. The van der Waals surface area contributed by atoms with Crippen molar-refractivity contribution in [2.75, 3.05) is 105 Å². The molecule has 3 aliphatic rings. The first-order valence-corrected chi connectivity index (χ1v) is 36.2. The minimum Gasteiger partial charge on any atom is -0.743 e. The second kappa shape index (κ2) is 41.2. The number of unbranched alkanes of at least 4 members (excludes halogenated alkanes) is 2. The van der Waals surface area contributed by atoms with Crippen LogP contribution in [0.2, 0.25) is 0 Å². The van der Waals surface area contributed by atoms with E-state index in [1.54, 1.807) is 13.8 Å². The van der Waals surface area contributed by atoms with Gasteiger partial charge in [-0.25, -0.2) is 52.8 Å². The molecule has 0 aromatic carbocycles. The van der Waals surface area contributed by atoms with Crippen molar-refractivity contribution in [3.05, 3.63) is 49.6 Å². The lowest BCUT2D eigenvalue weighted by atomic mass is 10.1. The van der Waals surface area contributed by atoms with Crippen LogP contribution in [-0.2, 0) is 121 Å². The molecule has 0 spiro atoms. The molecule has 3 aliphatic heterocycles. The molecule has 3 rings (SSSR count). The zero-order valence-corrected chi connectivity index (χ0v) is 61.2. The molecule has 4 atom stereocenters. The molecule has 3 saturated heterocycles. The van der Waals surface area contributed by atoms with Gasteiger partial charge in [0, 0.05) is 65.4 Å². The van der Waals surface area contributed by atoms with Gasteiger partial charge < -0.3 is 85.8 Å². The van der Waals surface area contributed by atoms with E-state index in [1.807, 2.05) is 0 Å². The Balaban J connectivity index is 0.00000151. The average molecular weight is 1820 g/mol. The van der Waals surface area contributed by atoms with E-state index >= 15 is 0 Å². The van der Waals surface area contributed by atoms with Gasteiger partial charge in [-0.1, -0.05) is 53.0 Å². The molecular formula is C53H61F24N5O29S4-4. The Morgan fingerprint density at radius 2 is 0.609 bits per heavy atom. The molecule has 4 amide bonds. The van der Waals surface area contributed by atoms with Crippen molar-refractivity contribution in [1.29, 1.82) is 0 Å². The summed E-state index contributed by atoms with van der Waals surface area (Å²) in [6.07, 6.45) is -22.2. The van der Waals surface area contributed by atoms with Gasteiger partial charge in [-0.15, -0.1) is 0 Å². The number of alkyl halides is 20. The number of hydrogen-bond acceptors (Lipinski definition) is 30. The van der Waals surface area contributed by atoms with Crippen LogP contribution in [0.25, 0.3) is 0 Å². The molecule has 0 bridgehead atoms. The Morgan fingerprint density at radius 3 is 0.835 bits per heavy atom. The highest BCUT2D eigenvalue weighted by Gasteiger charge is 2.73. The van der Waals surface area contributed by atoms with Gasteiger partial charge in [0.25, 0.3) is 0 Å². The summed E-state index contributed by atoms with van der Waals surface area (Å²) in [5.41, 5.74) is 0. The Hall–Kier alpha value is -7.56. The van der Waals surface area contributed by atoms with E-state index in [2.05, 4.69) is 69.5 Å². The smallest absolute Gasteiger partial charge is 0.466 e. The highest BCUT2D eigenvalue weighted by Crippen LogP contribution is 2.44. The average Bonchev–Trinajstić information content (AvgIpc) is 0.773. The number of piperidine rings is 1. The van der Waals surface area contributed by atoms with Crippen molar-refractivity contribution < 1.29 is 238 Å². The molecule has 115 heavy (non-hydrogen) atoms. The van der Waals surface area contributed by atoms with Gasteiger partial charge in [0.1, 0.15) is 26.4 Å². The largest absolute Gasteiger partial charge is 0.743 e. The van der Waals surface area contributed by atoms with Gasteiger partial charge in [-0.05, 0) is 32.1 Å². The van der Waals surface area contributed by atoms with Crippen LogP contribution in [-0.4, -0.2) is 293 Å². The number of nitrogens with zero attached hydrogens (tertiary/aromatic N) is 4. The number of amides is 4. The minimum absolute atomic E-state index is 0.0332. The Bertz CT molecular complexity index is 3650. The van der Waals surface area contributed by atoms with E-state index in [4.69, 9.17) is 4.74 Å². The van der Waals surface area contributed by atoms with Gasteiger partial charge in [-0.2, -0.15) is 105 Å². The van der Waals surface area contributed by atoms with E-state index in [0.717, 1.165) is 0 Å². The fourth-order valence-electron chi connectivity index (χ4n) is 7.93. The summed E-state index contributed by atoms with van der Waals surface area (Å²) in [5.74, 6) is -46.7. The fourth-order valence-corrected chi connectivity index (χ4v) is 8.75. The quantitative estimate of drug-likeness (QED) is 0.0232. The van der Waals surface area contributed by atoms with Gasteiger partial charge in [-0.3, -0.25) is 19.2 Å². The SMILES string of the molecule is C=C(F)C(=O)OC(OCC(F)(F)S(=O)(=O)[O-])(C(=O)N(CCCC)CCCC)C(F)(F)F.C=C(F)C(=O)OC(OCC(F)(F)S(=O)(=O)[O-])(C(=O)N1CCCCC1)C(F)(F)F.C=C(F)C(=O)OC(OCC(F)(F)S(=O)(=O)[O-])(C(=O)N1CCNCC1)C(F)(F)F.C=C(F)C(=O)OC(OCC(F)(F)S(=O)(=O)[O-])(C(=O)N1CCOCC1)C(F)(F)F. The number of nitrogens with one attached hydrogen (secondary N) is 1. The number of piperazine rings is 1. The predicted molar refractivity (Wildman–Crippen MR) is 317 cm³/mol. The lowest BCUT2D eigenvalue weighted by Gasteiger charge is -2.38. The van der Waals surface area contributed by atoms with Crippen molar-refractivity contribution in [2.45, 2.75) is 128 Å². The van der Waals surface area contributed by atoms with E-state index in [0.29, 0.717) is 38.9 Å². The standard InChI is InChI=1S/C16H23F6NO7S.C13H15F6NO7S.C12H14F6N2O7S.C12H13F6NO8S/c1-4-6-8-23(9-7-5-2)13(25)15(16(20,21)22,30-12(24)11(3)17)29-10-14(18,19)31(26,27)28;1-8(14)9(21)27-12(13(17,18)19,10(22)20-5-3-2-4-6-20)26-7-11(15,16)28(23,24)25;1-7(13)8(21)27-11(12(16,17)18,9(22)20-4-2-19-3-5-20)26-6-10(14,15)28(23,24)25;1-7(13)8(20)27-11(12(16,17)18,9(21)19-2-4-25-5-3-19)26-6-10(14,15)28(22,23)24/h3-10H2,1-2H3,(H,26,27,28);1-7H2,(H,23,24,25);19H,1-6H2,(H,23,24,25);1-6H2,(H,22,23,24)/p-4. The van der Waals surface area contributed by atoms with Crippen LogP contribution in [0.5, 0.6) is 0 Å². The Morgan fingerprint density at radius 1 is 0.383 bits per heavy atom. The fraction of sp³-hybridized carbons (Fsp3) is 0.698. The lowest BCUT2D eigenvalue weighted by molar-refractivity contribution is -0.356. The number of carbonyl (C=O) groups excluding carboxylic acids is 8. The summed E-state index contributed by atoms with van der Waals surface area (Å²) in [6, 6.07) is 0. The number of hydrogen-bond donors (Lipinski definition) is 1. The molecule has 0 radical (unpaired) electrons. The minimum atomic E-state index is -6.52. The molecule has 4 unspecified atom stereocenters. The van der Waals surface area contributed by atoms with Crippen LogP contribution in [0, 0.1) is 0 Å². The molecule has 0 aliphatic carbocycles. The van der Waals surface area contributed by atoms with Gasteiger partial charge >= 0.3 is 116 Å². The normalized spacial score (nSPS) is 17.3. The summed E-state index contributed by atoms with van der Waals surface area (Å²) in [6.45, 7) is -2.32. The summed E-state index contributed by atoms with van der Waals surface area (Å²) < 4.78 is 483. The van der Waals surface area contributed by atoms with Crippen LogP contribution in [0.1, 0.15) is 58.8 Å². The van der Waals surface area contributed by atoms with Crippen molar-refractivity contribution in [2.24, 2.45) is 0 Å². The first-order chi connectivity index (χ1) is 51.6. The molecule has 3 fully saturated rings. The third-order valence-electron chi connectivity index (χ3n) is 13.9. The second-order valence-corrected chi connectivity index (χ2v) is 28.5. The molecule has 1 N–H and O–H groups in total. The molecule has 0 aromatic heterocycles. The monoisotopic (exact) mass is 1820 g/mol. The molecule has 668 valence electrons. The van der Waals surface area contributed by atoms with Crippen LogP contribution in [0.15, 0.2) is 49.6 Å². The van der Waals surface area contributed by atoms with E-state index in [1.165, 1.54) is 0 Å². The van der Waals surface area contributed by atoms with Gasteiger partial charge in [0.2, 0.25) is 23.3 Å². The highest BCUT2D eigenvalue weighted by molar-refractivity contribution is 7.87.